The molecule has 0 fully saturated rings. The van der Waals surface area contributed by atoms with Crippen LogP contribution in [0, 0.1) is 5.92 Å². The predicted octanol–water partition coefficient (Wildman–Crippen LogP) is 3.23. The van der Waals surface area contributed by atoms with Crippen molar-refractivity contribution in [3.63, 3.8) is 0 Å². The first kappa shape index (κ1) is 17.3. The molecule has 23 heavy (non-hydrogen) atoms. The van der Waals surface area contributed by atoms with E-state index in [9.17, 15) is 4.79 Å². The molecule has 0 saturated carbocycles. The summed E-state index contributed by atoms with van der Waals surface area (Å²) in [6.45, 7) is 9.96. The predicted molar refractivity (Wildman–Crippen MR) is 86.8 cm³/mol. The Labute approximate surface area is 136 Å². The average molecular weight is 319 g/mol. The molecule has 6 nitrogen and oxygen atoms in total. The molecule has 0 saturated heterocycles. The van der Waals surface area contributed by atoms with Crippen molar-refractivity contribution in [2.75, 3.05) is 6.61 Å². The van der Waals surface area contributed by atoms with Crippen molar-refractivity contribution in [2.24, 2.45) is 5.92 Å². The molecule has 0 spiro atoms. The number of nitrogens with one attached hydrogen (secondary N) is 1. The van der Waals surface area contributed by atoms with Gasteiger partial charge in [-0.2, -0.15) is 5.10 Å². The SMILES string of the molecule is CCOC(=O)c1[nH]ncc1CN(Cc1ccco1)C(C)C(C)C. The van der Waals surface area contributed by atoms with Gasteiger partial charge in [-0.1, -0.05) is 13.8 Å². The Morgan fingerprint density at radius 3 is 2.78 bits per heavy atom. The molecule has 126 valence electrons. The molecule has 0 aromatic carbocycles. The van der Waals surface area contributed by atoms with Crippen molar-refractivity contribution in [1.29, 1.82) is 0 Å². The largest absolute Gasteiger partial charge is 0.468 e. The van der Waals surface area contributed by atoms with E-state index in [1.165, 1.54) is 0 Å². The molecular formula is C17H25N3O3. The first-order valence-corrected chi connectivity index (χ1v) is 7.98. The van der Waals surface area contributed by atoms with Gasteiger partial charge >= 0.3 is 5.97 Å². The van der Waals surface area contributed by atoms with E-state index >= 15 is 0 Å². The van der Waals surface area contributed by atoms with Crippen LogP contribution in [-0.4, -0.2) is 33.7 Å². The Bertz CT molecular complexity index is 604. The average Bonchev–Trinajstić information content (AvgIpc) is 3.17. The summed E-state index contributed by atoms with van der Waals surface area (Å²) in [7, 11) is 0. The third-order valence-electron chi connectivity index (χ3n) is 4.05. The van der Waals surface area contributed by atoms with Crippen molar-refractivity contribution in [3.8, 4) is 0 Å². The second kappa shape index (κ2) is 7.97. The van der Waals surface area contributed by atoms with Gasteiger partial charge in [-0.05, 0) is 31.9 Å². The standard InChI is InChI=1S/C17H25N3O3/c1-5-22-17(21)16-14(9-18-19-16)10-20(13(4)12(2)3)11-15-7-6-8-23-15/h6-9,12-13H,5,10-11H2,1-4H3,(H,18,19). The number of furan rings is 1. The van der Waals surface area contributed by atoms with Gasteiger partial charge in [-0.25, -0.2) is 4.79 Å². The summed E-state index contributed by atoms with van der Waals surface area (Å²) in [6.07, 6.45) is 3.36. The van der Waals surface area contributed by atoms with E-state index in [1.54, 1.807) is 19.4 Å². The molecule has 2 rings (SSSR count). The molecule has 1 unspecified atom stereocenters. The number of hydrogen-bond donors (Lipinski definition) is 1. The Hall–Kier alpha value is -2.08. The van der Waals surface area contributed by atoms with Crippen molar-refractivity contribution in [3.05, 3.63) is 41.6 Å². The number of rotatable bonds is 8. The van der Waals surface area contributed by atoms with Crippen molar-refractivity contribution >= 4 is 5.97 Å². The van der Waals surface area contributed by atoms with Crippen LogP contribution in [0.1, 0.15) is 49.5 Å². The van der Waals surface area contributed by atoms with Gasteiger partial charge in [0.25, 0.3) is 0 Å². The summed E-state index contributed by atoms with van der Waals surface area (Å²) in [5.41, 5.74) is 1.26. The maximum atomic E-state index is 12.0. The lowest BCUT2D eigenvalue weighted by atomic mass is 10.0. The number of nitrogens with zero attached hydrogens (tertiary/aromatic N) is 2. The van der Waals surface area contributed by atoms with Crippen LogP contribution in [0.4, 0.5) is 0 Å². The smallest absolute Gasteiger partial charge is 0.356 e. The highest BCUT2D eigenvalue weighted by atomic mass is 16.5. The van der Waals surface area contributed by atoms with Gasteiger partial charge in [0.05, 0.1) is 25.6 Å². The fourth-order valence-corrected chi connectivity index (χ4v) is 2.40. The van der Waals surface area contributed by atoms with Gasteiger partial charge in [0.2, 0.25) is 0 Å². The summed E-state index contributed by atoms with van der Waals surface area (Å²) in [5.74, 6) is 1.01. The molecular weight excluding hydrogens is 294 g/mol. The highest BCUT2D eigenvalue weighted by molar-refractivity contribution is 5.88. The quantitative estimate of drug-likeness (QED) is 0.756. The summed E-state index contributed by atoms with van der Waals surface area (Å²) in [5, 5.41) is 6.75. The summed E-state index contributed by atoms with van der Waals surface area (Å²) >= 11 is 0. The number of carbonyl (C=O) groups excluding carboxylic acids is 1. The maximum Gasteiger partial charge on any atom is 0.356 e. The molecule has 1 atom stereocenters. The van der Waals surface area contributed by atoms with E-state index in [-0.39, 0.29) is 5.97 Å². The molecule has 0 aliphatic heterocycles. The van der Waals surface area contributed by atoms with Crippen LogP contribution < -0.4 is 0 Å². The highest BCUT2D eigenvalue weighted by Gasteiger charge is 2.23. The van der Waals surface area contributed by atoms with Crippen LogP contribution in [0.2, 0.25) is 0 Å². The Balaban J connectivity index is 2.17. The van der Waals surface area contributed by atoms with Gasteiger partial charge in [0.1, 0.15) is 11.5 Å². The molecule has 0 bridgehead atoms. The molecule has 0 radical (unpaired) electrons. The lowest BCUT2D eigenvalue weighted by Crippen LogP contribution is -2.36. The van der Waals surface area contributed by atoms with E-state index in [0.717, 1.165) is 11.3 Å². The van der Waals surface area contributed by atoms with Gasteiger partial charge < -0.3 is 9.15 Å². The lowest BCUT2D eigenvalue weighted by molar-refractivity contribution is 0.0515. The van der Waals surface area contributed by atoms with E-state index in [2.05, 4.69) is 35.9 Å². The van der Waals surface area contributed by atoms with Crippen molar-refractivity contribution < 1.29 is 13.9 Å². The zero-order valence-corrected chi connectivity index (χ0v) is 14.2. The van der Waals surface area contributed by atoms with Gasteiger partial charge in [0.15, 0.2) is 0 Å². The first-order valence-electron chi connectivity index (χ1n) is 7.98. The van der Waals surface area contributed by atoms with Gasteiger partial charge in [-0.15, -0.1) is 0 Å². The minimum atomic E-state index is -0.366. The van der Waals surface area contributed by atoms with Crippen LogP contribution in [0.5, 0.6) is 0 Å². The number of carbonyl (C=O) groups is 1. The fraction of sp³-hybridized carbons (Fsp3) is 0.529. The van der Waals surface area contributed by atoms with Crippen LogP contribution in [0.15, 0.2) is 29.0 Å². The van der Waals surface area contributed by atoms with E-state index < -0.39 is 0 Å². The molecule has 1 N–H and O–H groups in total. The molecule has 2 aromatic heterocycles. The van der Waals surface area contributed by atoms with Gasteiger partial charge in [0, 0.05) is 18.2 Å². The molecule has 2 aromatic rings. The van der Waals surface area contributed by atoms with E-state index in [1.807, 2.05) is 12.1 Å². The monoisotopic (exact) mass is 319 g/mol. The van der Waals surface area contributed by atoms with E-state index in [4.69, 9.17) is 9.15 Å². The second-order valence-corrected chi connectivity index (χ2v) is 5.96. The number of hydrogen-bond acceptors (Lipinski definition) is 5. The number of esters is 1. The third kappa shape index (κ3) is 4.45. The van der Waals surface area contributed by atoms with Gasteiger partial charge in [-0.3, -0.25) is 10.00 Å². The Morgan fingerprint density at radius 1 is 1.39 bits per heavy atom. The number of aromatic nitrogens is 2. The molecule has 2 heterocycles. The summed E-state index contributed by atoms with van der Waals surface area (Å²) < 4.78 is 10.5. The zero-order valence-electron chi connectivity index (χ0n) is 14.2. The second-order valence-electron chi connectivity index (χ2n) is 5.96. The van der Waals surface area contributed by atoms with Crippen LogP contribution in [0.3, 0.4) is 0 Å². The highest BCUT2D eigenvalue weighted by Crippen LogP contribution is 2.19. The zero-order chi connectivity index (χ0) is 16.8. The first-order chi connectivity index (χ1) is 11.0. The topological polar surface area (TPSA) is 71.4 Å². The Kier molecular flexibility index (Phi) is 5.98. The van der Waals surface area contributed by atoms with E-state index in [0.29, 0.717) is 37.4 Å². The van der Waals surface area contributed by atoms with Crippen molar-refractivity contribution in [1.82, 2.24) is 15.1 Å². The van der Waals surface area contributed by atoms with Crippen LogP contribution in [-0.2, 0) is 17.8 Å². The molecule has 0 aliphatic rings. The minimum Gasteiger partial charge on any atom is -0.468 e. The lowest BCUT2D eigenvalue weighted by Gasteiger charge is -2.31. The number of aromatic amines is 1. The third-order valence-corrected chi connectivity index (χ3v) is 4.05. The number of ether oxygens (including phenoxy) is 1. The Morgan fingerprint density at radius 2 is 2.17 bits per heavy atom. The fourth-order valence-electron chi connectivity index (χ4n) is 2.40. The maximum absolute atomic E-state index is 12.0. The van der Waals surface area contributed by atoms with Crippen molar-refractivity contribution in [2.45, 2.75) is 46.8 Å². The number of H-pyrrole nitrogens is 1. The summed E-state index contributed by atoms with van der Waals surface area (Å²) in [6, 6.07) is 4.17. The minimum absolute atomic E-state index is 0.324. The van der Waals surface area contributed by atoms with Crippen LogP contribution >= 0.6 is 0 Å². The molecule has 0 aliphatic carbocycles. The van der Waals surface area contributed by atoms with Crippen LogP contribution in [0.25, 0.3) is 0 Å². The summed E-state index contributed by atoms with van der Waals surface area (Å²) in [4.78, 5) is 14.3. The molecule has 0 amide bonds. The molecule has 6 heteroatoms. The normalized spacial score (nSPS) is 12.8.